The summed E-state index contributed by atoms with van der Waals surface area (Å²) in [5, 5.41) is 0. The number of nitrogens with zero attached hydrogens (tertiary/aromatic N) is 1. The minimum absolute atomic E-state index is 0.558. The Morgan fingerprint density at radius 3 is 2.12 bits per heavy atom. The Morgan fingerprint density at radius 1 is 1.19 bits per heavy atom. The van der Waals surface area contributed by atoms with Crippen LogP contribution < -0.4 is 5.73 Å². The Bertz CT molecular complexity index is 183. The molecule has 16 heavy (non-hydrogen) atoms. The van der Waals surface area contributed by atoms with Gasteiger partial charge in [0.25, 0.3) is 0 Å². The summed E-state index contributed by atoms with van der Waals surface area (Å²) in [6.07, 6.45) is 6.94. The fourth-order valence-electron chi connectivity index (χ4n) is 3.14. The van der Waals surface area contributed by atoms with E-state index in [1.54, 1.807) is 0 Å². The fourth-order valence-corrected chi connectivity index (χ4v) is 3.14. The van der Waals surface area contributed by atoms with Crippen LogP contribution in [0.15, 0.2) is 0 Å². The lowest BCUT2D eigenvalue weighted by molar-refractivity contribution is 0.0983. The van der Waals surface area contributed by atoms with Crippen LogP contribution in [0.5, 0.6) is 0 Å². The first-order valence-electron chi connectivity index (χ1n) is 7.02. The van der Waals surface area contributed by atoms with Crippen LogP contribution in [0.2, 0.25) is 0 Å². The highest BCUT2D eigenvalue weighted by molar-refractivity contribution is 4.83. The molecular formula is C14H30N2. The van der Waals surface area contributed by atoms with Gasteiger partial charge < -0.3 is 5.73 Å². The van der Waals surface area contributed by atoms with Crippen molar-refractivity contribution >= 4 is 0 Å². The van der Waals surface area contributed by atoms with Gasteiger partial charge >= 0.3 is 0 Å². The Kier molecular flexibility index (Phi) is 5.77. The van der Waals surface area contributed by atoms with Crippen molar-refractivity contribution in [1.29, 1.82) is 0 Å². The molecule has 0 aromatic heterocycles. The molecule has 0 aromatic rings. The Balaban J connectivity index is 2.45. The van der Waals surface area contributed by atoms with Gasteiger partial charge in [-0.2, -0.15) is 0 Å². The first kappa shape index (κ1) is 14.0. The van der Waals surface area contributed by atoms with E-state index in [0.717, 1.165) is 18.5 Å². The quantitative estimate of drug-likeness (QED) is 0.781. The SMILES string of the molecule is CCC1CCC(N(C)C(CN)C(C)C)CC1. The van der Waals surface area contributed by atoms with E-state index in [4.69, 9.17) is 5.73 Å². The maximum absolute atomic E-state index is 5.89. The summed E-state index contributed by atoms with van der Waals surface area (Å²) < 4.78 is 0. The summed E-state index contributed by atoms with van der Waals surface area (Å²) in [5.74, 6) is 1.65. The molecule has 2 nitrogen and oxygen atoms in total. The summed E-state index contributed by atoms with van der Waals surface area (Å²) in [6.45, 7) is 7.69. The van der Waals surface area contributed by atoms with Crippen LogP contribution >= 0.6 is 0 Å². The van der Waals surface area contributed by atoms with E-state index in [9.17, 15) is 0 Å². The molecule has 1 fully saturated rings. The fraction of sp³-hybridized carbons (Fsp3) is 1.00. The number of hydrogen-bond donors (Lipinski definition) is 1. The maximum atomic E-state index is 5.89. The van der Waals surface area contributed by atoms with Gasteiger partial charge in [0.1, 0.15) is 0 Å². The zero-order valence-electron chi connectivity index (χ0n) is 11.6. The first-order valence-corrected chi connectivity index (χ1v) is 7.02. The Morgan fingerprint density at radius 2 is 1.75 bits per heavy atom. The zero-order valence-corrected chi connectivity index (χ0v) is 11.6. The van der Waals surface area contributed by atoms with Gasteiger partial charge in [-0.05, 0) is 44.6 Å². The third kappa shape index (κ3) is 3.46. The zero-order chi connectivity index (χ0) is 12.1. The van der Waals surface area contributed by atoms with Gasteiger partial charge in [0, 0.05) is 18.6 Å². The molecule has 1 aliphatic carbocycles. The van der Waals surface area contributed by atoms with E-state index in [-0.39, 0.29) is 0 Å². The third-order valence-corrected chi connectivity index (χ3v) is 4.50. The second kappa shape index (κ2) is 6.61. The molecule has 0 saturated heterocycles. The predicted molar refractivity (Wildman–Crippen MR) is 71.5 cm³/mol. The van der Waals surface area contributed by atoms with Crippen molar-refractivity contribution in [2.24, 2.45) is 17.6 Å². The number of hydrogen-bond acceptors (Lipinski definition) is 2. The molecule has 2 heteroatoms. The minimum Gasteiger partial charge on any atom is -0.329 e. The summed E-state index contributed by atoms with van der Waals surface area (Å²) in [6, 6.07) is 1.34. The molecule has 0 radical (unpaired) electrons. The topological polar surface area (TPSA) is 29.3 Å². The molecule has 2 N–H and O–H groups in total. The van der Waals surface area contributed by atoms with Crippen LogP contribution in [0.4, 0.5) is 0 Å². The largest absolute Gasteiger partial charge is 0.329 e. The highest BCUT2D eigenvalue weighted by Gasteiger charge is 2.27. The van der Waals surface area contributed by atoms with Gasteiger partial charge in [0.2, 0.25) is 0 Å². The molecule has 0 aliphatic heterocycles. The molecule has 0 aromatic carbocycles. The van der Waals surface area contributed by atoms with E-state index in [2.05, 4.69) is 32.7 Å². The second-order valence-corrected chi connectivity index (χ2v) is 5.80. The standard InChI is InChI=1S/C14H30N2/c1-5-12-6-8-13(9-7-12)16(4)14(10-15)11(2)3/h11-14H,5-10,15H2,1-4H3. The molecule has 1 atom stereocenters. The number of rotatable bonds is 5. The average Bonchev–Trinajstić information content (AvgIpc) is 2.29. The molecule has 0 bridgehead atoms. The second-order valence-electron chi connectivity index (χ2n) is 5.80. The highest BCUT2D eigenvalue weighted by atomic mass is 15.2. The molecule has 0 heterocycles. The van der Waals surface area contributed by atoms with Crippen LogP contribution in [-0.2, 0) is 0 Å². The monoisotopic (exact) mass is 226 g/mol. The molecule has 96 valence electrons. The van der Waals surface area contributed by atoms with Gasteiger partial charge in [-0.1, -0.05) is 27.2 Å². The molecule has 1 unspecified atom stereocenters. The van der Waals surface area contributed by atoms with Crippen molar-refractivity contribution in [3.63, 3.8) is 0 Å². The Hall–Kier alpha value is -0.0800. The maximum Gasteiger partial charge on any atom is 0.0241 e. The first-order chi connectivity index (χ1) is 7.60. The van der Waals surface area contributed by atoms with Crippen molar-refractivity contribution in [2.45, 2.75) is 65.0 Å². The van der Waals surface area contributed by atoms with Crippen molar-refractivity contribution in [3.8, 4) is 0 Å². The van der Waals surface area contributed by atoms with Crippen LogP contribution in [0.3, 0.4) is 0 Å². The molecular weight excluding hydrogens is 196 g/mol. The highest BCUT2D eigenvalue weighted by Crippen LogP contribution is 2.30. The van der Waals surface area contributed by atoms with E-state index >= 15 is 0 Å². The van der Waals surface area contributed by atoms with Crippen molar-refractivity contribution < 1.29 is 0 Å². The molecule has 1 rings (SSSR count). The van der Waals surface area contributed by atoms with E-state index in [1.807, 2.05) is 0 Å². The number of nitrogens with two attached hydrogens (primary N) is 1. The minimum atomic E-state index is 0.558. The van der Waals surface area contributed by atoms with Gasteiger partial charge in [-0.3, -0.25) is 4.90 Å². The lowest BCUT2D eigenvalue weighted by Gasteiger charge is -2.40. The van der Waals surface area contributed by atoms with Crippen molar-refractivity contribution in [2.75, 3.05) is 13.6 Å². The number of likely N-dealkylation sites (N-methyl/N-ethyl adjacent to an activating group) is 1. The molecule has 1 saturated carbocycles. The van der Waals surface area contributed by atoms with Gasteiger partial charge in [0.05, 0.1) is 0 Å². The summed E-state index contributed by atoms with van der Waals surface area (Å²) in [4.78, 5) is 2.55. The van der Waals surface area contributed by atoms with Crippen molar-refractivity contribution in [1.82, 2.24) is 4.90 Å². The lowest BCUT2D eigenvalue weighted by atomic mass is 9.83. The van der Waals surface area contributed by atoms with Gasteiger partial charge in [-0.25, -0.2) is 0 Å². The molecule has 0 amide bonds. The average molecular weight is 226 g/mol. The van der Waals surface area contributed by atoms with Crippen LogP contribution in [0, 0.1) is 11.8 Å². The summed E-state index contributed by atoms with van der Waals surface area (Å²) >= 11 is 0. The van der Waals surface area contributed by atoms with E-state index in [0.29, 0.717) is 12.0 Å². The van der Waals surface area contributed by atoms with Gasteiger partial charge in [0.15, 0.2) is 0 Å². The Labute approximate surface area is 102 Å². The summed E-state index contributed by atoms with van der Waals surface area (Å²) in [7, 11) is 2.27. The van der Waals surface area contributed by atoms with Gasteiger partial charge in [-0.15, -0.1) is 0 Å². The molecule has 1 aliphatic rings. The van der Waals surface area contributed by atoms with Crippen LogP contribution in [0.1, 0.15) is 52.9 Å². The van der Waals surface area contributed by atoms with Crippen molar-refractivity contribution in [3.05, 3.63) is 0 Å². The normalized spacial score (nSPS) is 28.7. The van der Waals surface area contributed by atoms with E-state index < -0.39 is 0 Å². The van der Waals surface area contributed by atoms with Crippen LogP contribution in [0.25, 0.3) is 0 Å². The smallest absolute Gasteiger partial charge is 0.0241 e. The van der Waals surface area contributed by atoms with Crippen LogP contribution in [-0.4, -0.2) is 30.6 Å². The lowest BCUT2D eigenvalue weighted by Crippen LogP contribution is -2.48. The molecule has 0 spiro atoms. The third-order valence-electron chi connectivity index (χ3n) is 4.50. The predicted octanol–water partition coefficient (Wildman–Crippen LogP) is 2.87. The van der Waals surface area contributed by atoms with E-state index in [1.165, 1.54) is 32.1 Å². The summed E-state index contributed by atoms with van der Waals surface area (Å²) in [5.41, 5.74) is 5.89.